The minimum atomic E-state index is 0.483. The number of nitrogens with zero attached hydrogens (tertiary/aromatic N) is 1. The second kappa shape index (κ2) is 8.53. The van der Waals surface area contributed by atoms with Gasteiger partial charge in [0, 0.05) is 21.8 Å². The lowest BCUT2D eigenvalue weighted by Gasteiger charge is -2.15. The molecule has 0 aliphatic heterocycles. The number of pyridine rings is 1. The van der Waals surface area contributed by atoms with Crippen molar-refractivity contribution in [2.24, 2.45) is 0 Å². The van der Waals surface area contributed by atoms with Gasteiger partial charge in [0.05, 0.1) is 26.8 Å². The van der Waals surface area contributed by atoms with E-state index in [1.165, 1.54) is 0 Å². The molecule has 0 fully saturated rings. The van der Waals surface area contributed by atoms with E-state index in [1.807, 2.05) is 91.0 Å². The summed E-state index contributed by atoms with van der Waals surface area (Å²) in [5.74, 6) is 1.10. The van der Waals surface area contributed by atoms with Crippen LogP contribution in [0.3, 0.4) is 0 Å². The van der Waals surface area contributed by atoms with Gasteiger partial charge in [-0.15, -0.1) is 0 Å². The molecule has 0 unspecified atom stereocenters. The van der Waals surface area contributed by atoms with Crippen molar-refractivity contribution in [3.05, 3.63) is 113 Å². The molecule has 1 aromatic heterocycles. The van der Waals surface area contributed by atoms with Crippen molar-refractivity contribution in [3.63, 3.8) is 0 Å². The van der Waals surface area contributed by atoms with Gasteiger partial charge in [0.15, 0.2) is 0 Å². The third-order valence-electron chi connectivity index (χ3n) is 5.84. The van der Waals surface area contributed by atoms with Gasteiger partial charge in [0.1, 0.15) is 11.5 Å². The maximum Gasteiger partial charge on any atom is 0.146 e. The van der Waals surface area contributed by atoms with Crippen LogP contribution in [0.15, 0.2) is 103 Å². The van der Waals surface area contributed by atoms with Crippen LogP contribution < -0.4 is 10.1 Å². The highest BCUT2D eigenvalue weighted by molar-refractivity contribution is 6.37. The van der Waals surface area contributed by atoms with E-state index in [4.69, 9.17) is 32.9 Å². The minimum absolute atomic E-state index is 0.483. The van der Waals surface area contributed by atoms with Crippen LogP contribution in [0.1, 0.15) is 0 Å². The molecule has 0 saturated heterocycles. The van der Waals surface area contributed by atoms with Gasteiger partial charge in [-0.25, -0.2) is 4.98 Å². The predicted octanol–water partition coefficient (Wildman–Crippen LogP) is 9.38. The van der Waals surface area contributed by atoms with Gasteiger partial charge in [-0.3, -0.25) is 0 Å². The summed E-state index contributed by atoms with van der Waals surface area (Å²) in [6.45, 7) is 0. The van der Waals surface area contributed by atoms with Crippen LogP contribution in [-0.2, 0) is 0 Å². The smallest absolute Gasteiger partial charge is 0.146 e. The number of fused-ring (bicyclic) bond motifs is 3. The van der Waals surface area contributed by atoms with Crippen molar-refractivity contribution in [1.29, 1.82) is 0 Å². The molecule has 0 saturated carbocycles. The number of hydrogen-bond acceptors (Lipinski definition) is 3. The molecule has 0 bridgehead atoms. The predicted molar refractivity (Wildman–Crippen MR) is 143 cm³/mol. The van der Waals surface area contributed by atoms with Gasteiger partial charge in [-0.05, 0) is 41.8 Å². The summed E-state index contributed by atoms with van der Waals surface area (Å²) in [5.41, 5.74) is 3.70. The largest absolute Gasteiger partial charge is 0.454 e. The Hall–Kier alpha value is -3.79. The third-order valence-corrected chi connectivity index (χ3v) is 6.52. The summed E-state index contributed by atoms with van der Waals surface area (Å²) in [6, 6.07) is 33.6. The van der Waals surface area contributed by atoms with Crippen molar-refractivity contribution < 1.29 is 4.74 Å². The number of rotatable bonds is 4. The highest BCUT2D eigenvalue weighted by Crippen LogP contribution is 2.39. The molecule has 0 aliphatic carbocycles. The second-order valence-electron chi connectivity index (χ2n) is 7.99. The van der Waals surface area contributed by atoms with E-state index in [0.29, 0.717) is 21.5 Å². The van der Waals surface area contributed by atoms with Crippen LogP contribution in [-0.4, -0.2) is 4.98 Å². The number of ether oxygens (including phenoxy) is 1. The van der Waals surface area contributed by atoms with Gasteiger partial charge in [0.2, 0.25) is 0 Å². The lowest BCUT2D eigenvalue weighted by molar-refractivity contribution is 0.484. The van der Waals surface area contributed by atoms with Crippen LogP contribution in [0.4, 0.5) is 11.4 Å². The molecule has 0 atom stereocenters. The number of halogens is 2. The average molecular weight is 481 g/mol. The van der Waals surface area contributed by atoms with E-state index < -0.39 is 0 Å². The summed E-state index contributed by atoms with van der Waals surface area (Å²) in [6.07, 6.45) is 0. The molecule has 6 rings (SSSR count). The van der Waals surface area contributed by atoms with E-state index >= 15 is 0 Å². The number of nitrogens with one attached hydrogen (secondary N) is 1. The first-order valence-electron chi connectivity index (χ1n) is 10.9. The fourth-order valence-electron chi connectivity index (χ4n) is 4.19. The first-order chi connectivity index (χ1) is 16.7. The molecule has 5 heteroatoms. The van der Waals surface area contributed by atoms with Gasteiger partial charge >= 0.3 is 0 Å². The summed E-state index contributed by atoms with van der Waals surface area (Å²) < 4.78 is 6.09. The summed E-state index contributed by atoms with van der Waals surface area (Å²) in [4.78, 5) is 4.79. The van der Waals surface area contributed by atoms with Gasteiger partial charge in [-0.2, -0.15) is 0 Å². The van der Waals surface area contributed by atoms with Crippen LogP contribution in [0.5, 0.6) is 11.5 Å². The molecule has 0 spiro atoms. The Morgan fingerprint density at radius 3 is 1.94 bits per heavy atom. The van der Waals surface area contributed by atoms with Crippen molar-refractivity contribution in [2.75, 3.05) is 5.32 Å². The average Bonchev–Trinajstić information content (AvgIpc) is 2.87. The molecule has 34 heavy (non-hydrogen) atoms. The molecule has 0 amide bonds. The zero-order chi connectivity index (χ0) is 23.1. The molecule has 1 heterocycles. The molecule has 0 radical (unpaired) electrons. The fraction of sp³-hybridized carbons (Fsp3) is 0. The molecule has 0 aliphatic rings. The van der Waals surface area contributed by atoms with Crippen LogP contribution in [0.2, 0.25) is 10.0 Å². The zero-order valence-electron chi connectivity index (χ0n) is 17.9. The Bertz CT molecular complexity index is 1640. The van der Waals surface area contributed by atoms with Gasteiger partial charge in [0.25, 0.3) is 0 Å². The Labute approximate surface area is 206 Å². The SMILES string of the molecule is Clc1cc(Nc2c3ccccc3nc3ccccc23)ccc1Oc1ccc2ccccc2c1Cl. The van der Waals surface area contributed by atoms with E-state index in [2.05, 4.69) is 17.4 Å². The molecule has 6 aromatic rings. The Balaban J connectivity index is 1.36. The molecular weight excluding hydrogens is 463 g/mol. The lowest BCUT2D eigenvalue weighted by atomic mass is 10.1. The van der Waals surface area contributed by atoms with Crippen molar-refractivity contribution in [1.82, 2.24) is 4.98 Å². The quantitative estimate of drug-likeness (QED) is 0.255. The molecular formula is C29H18Cl2N2O. The normalized spacial score (nSPS) is 11.2. The number of hydrogen-bond donors (Lipinski definition) is 1. The fourth-order valence-corrected chi connectivity index (χ4v) is 4.68. The summed E-state index contributed by atoms with van der Waals surface area (Å²) >= 11 is 13.2. The minimum Gasteiger partial charge on any atom is -0.454 e. The molecule has 164 valence electrons. The molecule has 1 N–H and O–H groups in total. The molecule has 3 nitrogen and oxygen atoms in total. The first kappa shape index (κ1) is 20.8. The number of para-hydroxylation sites is 2. The number of benzene rings is 5. The van der Waals surface area contributed by atoms with Crippen LogP contribution >= 0.6 is 23.2 Å². The maximum atomic E-state index is 6.63. The summed E-state index contributed by atoms with van der Waals surface area (Å²) in [5, 5.41) is 8.68. The lowest BCUT2D eigenvalue weighted by Crippen LogP contribution is -1.96. The summed E-state index contributed by atoms with van der Waals surface area (Å²) in [7, 11) is 0. The van der Waals surface area contributed by atoms with E-state index in [1.54, 1.807) is 0 Å². The Kier molecular flexibility index (Phi) is 5.21. The monoisotopic (exact) mass is 480 g/mol. The van der Waals surface area contributed by atoms with Crippen molar-refractivity contribution in [3.8, 4) is 11.5 Å². The number of anilines is 2. The van der Waals surface area contributed by atoms with Gasteiger partial charge in [-0.1, -0.05) is 89.9 Å². The highest BCUT2D eigenvalue weighted by atomic mass is 35.5. The first-order valence-corrected chi connectivity index (χ1v) is 11.6. The van der Waals surface area contributed by atoms with E-state index in [-0.39, 0.29) is 0 Å². The van der Waals surface area contributed by atoms with Crippen LogP contribution in [0.25, 0.3) is 32.6 Å². The number of aromatic nitrogens is 1. The van der Waals surface area contributed by atoms with Crippen LogP contribution in [0, 0.1) is 0 Å². The Morgan fingerprint density at radius 2 is 1.24 bits per heavy atom. The standard InChI is InChI=1S/C29H18Cl2N2O/c30-23-17-19(14-16-26(23)34-27-15-13-18-7-1-2-8-20(18)28(27)31)32-29-21-9-3-5-11-24(21)33-25-12-6-4-10-22(25)29/h1-17H,(H,32,33). The third kappa shape index (κ3) is 3.69. The highest BCUT2D eigenvalue weighted by Gasteiger charge is 2.13. The Morgan fingerprint density at radius 1 is 0.618 bits per heavy atom. The second-order valence-corrected chi connectivity index (χ2v) is 8.78. The van der Waals surface area contributed by atoms with Gasteiger partial charge < -0.3 is 10.1 Å². The maximum absolute atomic E-state index is 6.63. The molecule has 5 aromatic carbocycles. The van der Waals surface area contributed by atoms with E-state index in [9.17, 15) is 0 Å². The zero-order valence-corrected chi connectivity index (χ0v) is 19.4. The van der Waals surface area contributed by atoms with Crippen molar-refractivity contribution >= 4 is 67.2 Å². The van der Waals surface area contributed by atoms with E-state index in [0.717, 1.165) is 44.0 Å². The van der Waals surface area contributed by atoms with Crippen molar-refractivity contribution in [2.45, 2.75) is 0 Å². The topological polar surface area (TPSA) is 34.2 Å².